The fourth-order valence-electron chi connectivity index (χ4n) is 2.38. The van der Waals surface area contributed by atoms with Crippen LogP contribution in [-0.4, -0.2) is 24.5 Å². The largest absolute Gasteiger partial charge is 0.478 e. The van der Waals surface area contributed by atoms with Crippen LogP contribution >= 0.6 is 11.3 Å². The van der Waals surface area contributed by atoms with Crippen LogP contribution in [0.3, 0.4) is 0 Å². The topological polar surface area (TPSA) is 96.4 Å². The molecule has 124 valence electrons. The molecule has 0 fully saturated rings. The summed E-state index contributed by atoms with van der Waals surface area (Å²) in [6.07, 6.45) is 0. The minimum atomic E-state index is -3.91. The SMILES string of the molecule is Cc1cc(C)c2nc(NS(=O)(=O)c3cccc(C(=O)O)c3)sc2c1. The van der Waals surface area contributed by atoms with Gasteiger partial charge in [-0.25, -0.2) is 18.2 Å². The predicted octanol–water partition coefficient (Wildman–Crippen LogP) is 3.41. The minimum Gasteiger partial charge on any atom is -0.478 e. The Morgan fingerprint density at radius 1 is 1.21 bits per heavy atom. The van der Waals surface area contributed by atoms with Gasteiger partial charge in [0.05, 0.1) is 20.7 Å². The van der Waals surface area contributed by atoms with E-state index in [4.69, 9.17) is 5.11 Å². The second-order valence-corrected chi connectivity index (χ2v) is 8.10. The Morgan fingerprint density at radius 2 is 1.96 bits per heavy atom. The van der Waals surface area contributed by atoms with Crippen molar-refractivity contribution in [3.05, 3.63) is 53.1 Å². The number of hydrogen-bond acceptors (Lipinski definition) is 5. The molecule has 0 saturated carbocycles. The van der Waals surface area contributed by atoms with Crippen LogP contribution in [0.2, 0.25) is 0 Å². The number of aromatic nitrogens is 1. The van der Waals surface area contributed by atoms with Crippen LogP contribution in [0.5, 0.6) is 0 Å². The lowest BCUT2D eigenvalue weighted by Crippen LogP contribution is -2.13. The van der Waals surface area contributed by atoms with Gasteiger partial charge in [-0.2, -0.15) is 0 Å². The van der Waals surface area contributed by atoms with E-state index < -0.39 is 16.0 Å². The number of carboxylic acid groups (broad SMARTS) is 1. The number of aromatic carboxylic acids is 1. The van der Waals surface area contributed by atoms with Crippen molar-refractivity contribution in [2.45, 2.75) is 18.7 Å². The Morgan fingerprint density at radius 3 is 2.67 bits per heavy atom. The van der Waals surface area contributed by atoms with E-state index in [1.54, 1.807) is 0 Å². The summed E-state index contributed by atoms with van der Waals surface area (Å²) in [6.45, 7) is 3.89. The van der Waals surface area contributed by atoms with Gasteiger partial charge in [0.25, 0.3) is 10.0 Å². The summed E-state index contributed by atoms with van der Waals surface area (Å²) in [4.78, 5) is 15.2. The summed E-state index contributed by atoms with van der Waals surface area (Å²) < 4.78 is 28.3. The summed E-state index contributed by atoms with van der Waals surface area (Å²) >= 11 is 1.24. The lowest BCUT2D eigenvalue weighted by atomic mass is 10.1. The highest BCUT2D eigenvalue weighted by atomic mass is 32.2. The van der Waals surface area contributed by atoms with Crippen molar-refractivity contribution in [3.8, 4) is 0 Å². The molecule has 3 rings (SSSR count). The Balaban J connectivity index is 1.99. The molecule has 0 aliphatic carbocycles. The smallest absolute Gasteiger partial charge is 0.335 e. The first-order valence-corrected chi connectivity index (χ1v) is 9.30. The fourth-order valence-corrected chi connectivity index (χ4v) is 4.71. The van der Waals surface area contributed by atoms with Gasteiger partial charge < -0.3 is 5.11 Å². The van der Waals surface area contributed by atoms with Crippen molar-refractivity contribution in [2.24, 2.45) is 0 Å². The van der Waals surface area contributed by atoms with Crippen LogP contribution in [0.4, 0.5) is 5.13 Å². The van der Waals surface area contributed by atoms with Gasteiger partial charge in [-0.1, -0.05) is 23.5 Å². The maximum Gasteiger partial charge on any atom is 0.335 e. The number of benzene rings is 2. The number of carboxylic acids is 1. The van der Waals surface area contributed by atoms with E-state index in [-0.39, 0.29) is 15.6 Å². The highest BCUT2D eigenvalue weighted by molar-refractivity contribution is 7.93. The number of nitrogens with zero attached hydrogens (tertiary/aromatic N) is 1. The molecule has 2 aromatic carbocycles. The normalized spacial score (nSPS) is 11.6. The van der Waals surface area contributed by atoms with Gasteiger partial charge in [0.1, 0.15) is 0 Å². The molecule has 3 aromatic rings. The third-order valence-electron chi connectivity index (χ3n) is 3.44. The van der Waals surface area contributed by atoms with Gasteiger partial charge in [-0.3, -0.25) is 4.72 Å². The summed E-state index contributed by atoms with van der Waals surface area (Å²) in [5, 5.41) is 9.24. The number of hydrogen-bond donors (Lipinski definition) is 2. The number of anilines is 1. The molecule has 2 N–H and O–H groups in total. The zero-order valence-electron chi connectivity index (χ0n) is 12.9. The third-order valence-corrected chi connectivity index (χ3v) is 5.83. The van der Waals surface area contributed by atoms with Crippen molar-refractivity contribution in [2.75, 3.05) is 4.72 Å². The van der Waals surface area contributed by atoms with Crippen molar-refractivity contribution in [1.29, 1.82) is 0 Å². The highest BCUT2D eigenvalue weighted by Crippen LogP contribution is 2.30. The predicted molar refractivity (Wildman–Crippen MR) is 93.3 cm³/mol. The minimum absolute atomic E-state index is 0.0892. The molecular weight excluding hydrogens is 348 g/mol. The molecule has 0 saturated heterocycles. The Bertz CT molecular complexity index is 1060. The van der Waals surface area contributed by atoms with Crippen LogP contribution < -0.4 is 4.72 Å². The summed E-state index contributed by atoms with van der Waals surface area (Å²) in [5.41, 5.74) is 2.71. The zero-order valence-corrected chi connectivity index (χ0v) is 14.5. The average Bonchev–Trinajstić information content (AvgIpc) is 2.89. The lowest BCUT2D eigenvalue weighted by Gasteiger charge is -2.05. The van der Waals surface area contributed by atoms with Crippen molar-refractivity contribution in [3.63, 3.8) is 0 Å². The number of fused-ring (bicyclic) bond motifs is 1. The van der Waals surface area contributed by atoms with Gasteiger partial charge in [-0.15, -0.1) is 0 Å². The van der Waals surface area contributed by atoms with Gasteiger partial charge in [-0.05, 0) is 49.2 Å². The van der Waals surface area contributed by atoms with Crippen LogP contribution in [0.1, 0.15) is 21.5 Å². The van der Waals surface area contributed by atoms with Gasteiger partial charge in [0.15, 0.2) is 5.13 Å². The molecule has 0 spiro atoms. The first-order chi connectivity index (χ1) is 11.3. The number of sulfonamides is 1. The van der Waals surface area contributed by atoms with Crippen molar-refractivity contribution < 1.29 is 18.3 Å². The number of rotatable bonds is 4. The van der Waals surface area contributed by atoms with Gasteiger partial charge in [0, 0.05) is 0 Å². The standard InChI is InChI=1S/C16H14N2O4S2/c1-9-6-10(2)14-13(7-9)23-16(17-14)18-24(21,22)12-5-3-4-11(8-12)15(19)20/h3-8H,1-2H3,(H,17,18)(H,19,20). The Kier molecular flexibility index (Phi) is 4.02. The molecule has 0 amide bonds. The summed E-state index contributed by atoms with van der Waals surface area (Å²) in [5.74, 6) is -1.18. The number of nitrogens with one attached hydrogen (secondary N) is 1. The molecule has 0 radical (unpaired) electrons. The molecule has 6 nitrogen and oxygen atoms in total. The molecule has 0 aliphatic heterocycles. The average molecular weight is 362 g/mol. The second kappa shape index (κ2) is 5.88. The monoisotopic (exact) mass is 362 g/mol. The second-order valence-electron chi connectivity index (χ2n) is 5.39. The fraction of sp³-hybridized carbons (Fsp3) is 0.125. The first kappa shape index (κ1) is 16.4. The number of aryl methyl sites for hydroxylation is 2. The van der Waals surface area contributed by atoms with E-state index >= 15 is 0 Å². The molecule has 1 aromatic heterocycles. The van der Waals surface area contributed by atoms with E-state index in [0.717, 1.165) is 27.4 Å². The summed E-state index contributed by atoms with van der Waals surface area (Å²) in [6, 6.07) is 9.12. The highest BCUT2D eigenvalue weighted by Gasteiger charge is 2.18. The maximum absolute atomic E-state index is 12.5. The molecule has 24 heavy (non-hydrogen) atoms. The van der Waals surface area contributed by atoms with E-state index in [9.17, 15) is 13.2 Å². The molecule has 1 heterocycles. The van der Waals surface area contributed by atoms with Gasteiger partial charge in [0.2, 0.25) is 0 Å². The van der Waals surface area contributed by atoms with E-state index in [1.165, 1.54) is 29.5 Å². The van der Waals surface area contributed by atoms with E-state index in [0.29, 0.717) is 0 Å². The van der Waals surface area contributed by atoms with Crippen molar-refractivity contribution in [1.82, 2.24) is 4.98 Å². The van der Waals surface area contributed by atoms with E-state index in [2.05, 4.69) is 9.71 Å². The third kappa shape index (κ3) is 3.10. The molecule has 0 aliphatic rings. The quantitative estimate of drug-likeness (QED) is 0.741. The van der Waals surface area contributed by atoms with Crippen LogP contribution in [0.25, 0.3) is 10.2 Å². The number of carbonyl (C=O) groups is 1. The van der Waals surface area contributed by atoms with Crippen LogP contribution in [0, 0.1) is 13.8 Å². The summed E-state index contributed by atoms with van der Waals surface area (Å²) in [7, 11) is -3.91. The first-order valence-electron chi connectivity index (χ1n) is 7.00. The Labute approximate surface area is 142 Å². The lowest BCUT2D eigenvalue weighted by molar-refractivity contribution is 0.0696. The molecule has 0 atom stereocenters. The maximum atomic E-state index is 12.5. The van der Waals surface area contributed by atoms with Crippen LogP contribution in [0.15, 0.2) is 41.3 Å². The number of thiazole rings is 1. The Hall–Kier alpha value is -2.45. The molecule has 8 heteroatoms. The molecular formula is C16H14N2O4S2. The van der Waals surface area contributed by atoms with Crippen LogP contribution in [-0.2, 0) is 10.0 Å². The zero-order chi connectivity index (χ0) is 17.5. The van der Waals surface area contributed by atoms with E-state index in [1.807, 2.05) is 26.0 Å². The van der Waals surface area contributed by atoms with Gasteiger partial charge >= 0.3 is 5.97 Å². The van der Waals surface area contributed by atoms with Crippen molar-refractivity contribution >= 4 is 42.7 Å². The molecule has 0 bridgehead atoms. The molecule has 0 unspecified atom stereocenters.